The number of aliphatic hydroxyl groups is 1. The van der Waals surface area contributed by atoms with E-state index in [0.717, 1.165) is 29.9 Å². The maximum atomic E-state index is 10.6. The van der Waals surface area contributed by atoms with Crippen molar-refractivity contribution in [2.45, 2.75) is 57.8 Å². The van der Waals surface area contributed by atoms with Crippen molar-refractivity contribution < 1.29 is 19.0 Å². The second-order valence-corrected chi connectivity index (χ2v) is 7.81. The van der Waals surface area contributed by atoms with Crippen LogP contribution in [0, 0.1) is 0 Å². The molecule has 7 heteroatoms. The number of hydrogen-bond acceptors (Lipinski definition) is 5. The summed E-state index contributed by atoms with van der Waals surface area (Å²) in [4.78, 5) is 4.65. The van der Waals surface area contributed by atoms with Crippen molar-refractivity contribution in [3.63, 3.8) is 0 Å². The van der Waals surface area contributed by atoms with Gasteiger partial charge in [0.25, 0.3) is 0 Å². The summed E-state index contributed by atoms with van der Waals surface area (Å²) in [6.45, 7) is 5.17. The fourth-order valence-corrected chi connectivity index (χ4v) is 3.54. The molecule has 1 aromatic carbocycles. The molecule has 0 amide bonds. The molecule has 164 valence electrons. The first kappa shape index (κ1) is 22.0. The van der Waals surface area contributed by atoms with Crippen molar-refractivity contribution in [1.82, 2.24) is 10.6 Å². The zero-order valence-corrected chi connectivity index (χ0v) is 18.1. The maximum Gasteiger partial charge on any atom is 0.191 e. The molecule has 0 aliphatic heterocycles. The Balaban J connectivity index is 1.66. The van der Waals surface area contributed by atoms with Crippen LogP contribution in [-0.4, -0.2) is 37.4 Å². The zero-order valence-electron chi connectivity index (χ0n) is 18.1. The molecular formula is C23H33N3O4. The largest absolute Gasteiger partial charge is 0.493 e. The molecule has 1 unspecified atom stereocenters. The van der Waals surface area contributed by atoms with Gasteiger partial charge in [0.2, 0.25) is 0 Å². The van der Waals surface area contributed by atoms with E-state index in [9.17, 15) is 5.11 Å². The van der Waals surface area contributed by atoms with Crippen LogP contribution in [0.3, 0.4) is 0 Å². The Hall–Kier alpha value is -2.67. The van der Waals surface area contributed by atoms with Crippen LogP contribution in [0.2, 0.25) is 0 Å². The van der Waals surface area contributed by atoms with E-state index in [2.05, 4.69) is 15.6 Å². The van der Waals surface area contributed by atoms with Gasteiger partial charge in [-0.15, -0.1) is 0 Å². The molecule has 2 aromatic rings. The highest BCUT2D eigenvalue weighted by Gasteiger charge is 2.26. The highest BCUT2D eigenvalue weighted by molar-refractivity contribution is 5.79. The number of nitrogens with zero attached hydrogens (tertiary/aromatic N) is 1. The molecule has 0 saturated heterocycles. The summed E-state index contributed by atoms with van der Waals surface area (Å²) in [5, 5.41) is 17.0. The molecule has 3 N–H and O–H groups in total. The molecule has 0 radical (unpaired) electrons. The van der Waals surface area contributed by atoms with Crippen LogP contribution in [0.1, 0.15) is 50.9 Å². The molecule has 0 bridgehead atoms. The van der Waals surface area contributed by atoms with Gasteiger partial charge < -0.3 is 29.6 Å². The van der Waals surface area contributed by atoms with Crippen molar-refractivity contribution in [2.24, 2.45) is 4.99 Å². The van der Waals surface area contributed by atoms with Gasteiger partial charge in [-0.25, -0.2) is 4.99 Å². The molecule has 1 heterocycles. The number of rotatable bonds is 9. The van der Waals surface area contributed by atoms with Gasteiger partial charge in [0.05, 0.1) is 32.6 Å². The number of hydrogen-bond donors (Lipinski definition) is 3. The third-order valence-electron chi connectivity index (χ3n) is 5.24. The monoisotopic (exact) mass is 415 g/mol. The highest BCUT2D eigenvalue weighted by atomic mass is 16.5. The summed E-state index contributed by atoms with van der Waals surface area (Å²) in [5.41, 5.74) is -0.110. The predicted molar refractivity (Wildman–Crippen MR) is 117 cm³/mol. The third-order valence-corrected chi connectivity index (χ3v) is 5.24. The summed E-state index contributed by atoms with van der Waals surface area (Å²) < 4.78 is 17.0. The molecule has 1 aromatic heterocycles. The molecule has 1 atom stereocenters. The summed E-state index contributed by atoms with van der Waals surface area (Å²) >= 11 is 0. The van der Waals surface area contributed by atoms with E-state index < -0.39 is 5.60 Å². The highest BCUT2D eigenvalue weighted by Crippen LogP contribution is 2.32. The average molecular weight is 416 g/mol. The average Bonchev–Trinajstić information content (AvgIpc) is 3.45. The lowest BCUT2D eigenvalue weighted by Crippen LogP contribution is -2.44. The van der Waals surface area contributed by atoms with E-state index in [4.69, 9.17) is 13.9 Å². The van der Waals surface area contributed by atoms with E-state index in [0.29, 0.717) is 24.8 Å². The molecule has 1 aliphatic rings. The molecule has 1 saturated carbocycles. The zero-order chi connectivity index (χ0) is 21.4. The van der Waals surface area contributed by atoms with E-state index in [1.54, 1.807) is 32.4 Å². The van der Waals surface area contributed by atoms with E-state index >= 15 is 0 Å². The molecule has 3 rings (SSSR count). The Labute approximate surface area is 178 Å². The van der Waals surface area contributed by atoms with Gasteiger partial charge >= 0.3 is 0 Å². The van der Waals surface area contributed by atoms with Crippen LogP contribution in [0.25, 0.3) is 0 Å². The van der Waals surface area contributed by atoms with Crippen LogP contribution >= 0.6 is 0 Å². The van der Waals surface area contributed by atoms with Crippen LogP contribution in [0.15, 0.2) is 46.0 Å². The Morgan fingerprint density at radius 3 is 2.70 bits per heavy atom. The quantitative estimate of drug-likeness (QED) is 0.429. The molecule has 1 fully saturated rings. The number of benzene rings is 1. The smallest absolute Gasteiger partial charge is 0.191 e. The standard InChI is InChI=1S/C23H33N3O4/c1-4-24-22(26-16-23(2,27)21-10-7-13-29-21)25-15-17-11-12-19(28-3)20(14-17)30-18-8-5-6-9-18/h7,10-14,18,27H,4-6,8-9,15-16H2,1-3H3,(H2,24,25,26). The maximum absolute atomic E-state index is 10.6. The molecule has 1 aliphatic carbocycles. The lowest BCUT2D eigenvalue weighted by Gasteiger charge is -2.22. The van der Waals surface area contributed by atoms with Crippen LogP contribution < -0.4 is 20.1 Å². The minimum Gasteiger partial charge on any atom is -0.493 e. The second-order valence-electron chi connectivity index (χ2n) is 7.81. The van der Waals surface area contributed by atoms with Gasteiger partial charge in [0.15, 0.2) is 17.5 Å². The second kappa shape index (κ2) is 10.4. The van der Waals surface area contributed by atoms with Gasteiger partial charge in [-0.1, -0.05) is 6.07 Å². The Bertz CT molecular complexity index is 812. The van der Waals surface area contributed by atoms with Crippen molar-refractivity contribution >= 4 is 5.96 Å². The third kappa shape index (κ3) is 5.92. The number of furan rings is 1. The lowest BCUT2D eigenvalue weighted by molar-refractivity contribution is 0.0386. The lowest BCUT2D eigenvalue weighted by atomic mass is 10.0. The molecule has 0 spiro atoms. The van der Waals surface area contributed by atoms with Gasteiger partial charge in [-0.2, -0.15) is 0 Å². The fourth-order valence-electron chi connectivity index (χ4n) is 3.54. The van der Waals surface area contributed by atoms with Gasteiger partial charge in [-0.05, 0) is 69.4 Å². The first-order chi connectivity index (χ1) is 14.5. The summed E-state index contributed by atoms with van der Waals surface area (Å²) in [5.74, 6) is 2.65. The van der Waals surface area contributed by atoms with Crippen molar-refractivity contribution in [2.75, 3.05) is 20.2 Å². The summed E-state index contributed by atoms with van der Waals surface area (Å²) in [6.07, 6.45) is 6.44. The minimum absolute atomic E-state index is 0.264. The van der Waals surface area contributed by atoms with Crippen molar-refractivity contribution in [3.05, 3.63) is 47.9 Å². The minimum atomic E-state index is -1.14. The van der Waals surface area contributed by atoms with Crippen molar-refractivity contribution in [3.8, 4) is 11.5 Å². The Morgan fingerprint density at radius 1 is 1.23 bits per heavy atom. The van der Waals surface area contributed by atoms with Gasteiger partial charge in [0, 0.05) is 6.54 Å². The summed E-state index contributed by atoms with van der Waals surface area (Å²) in [6, 6.07) is 9.44. The van der Waals surface area contributed by atoms with Gasteiger partial charge in [-0.3, -0.25) is 0 Å². The Kier molecular flexibility index (Phi) is 7.63. The number of aliphatic imine (C=N–C) groups is 1. The van der Waals surface area contributed by atoms with Gasteiger partial charge in [0.1, 0.15) is 11.4 Å². The fraction of sp³-hybridized carbons (Fsp3) is 0.522. The number of methoxy groups -OCH3 is 1. The molecular weight excluding hydrogens is 382 g/mol. The normalized spacial score (nSPS) is 16.9. The van der Waals surface area contributed by atoms with Crippen LogP contribution in [0.5, 0.6) is 11.5 Å². The van der Waals surface area contributed by atoms with Crippen LogP contribution in [0.4, 0.5) is 0 Å². The van der Waals surface area contributed by atoms with Crippen LogP contribution in [-0.2, 0) is 12.1 Å². The molecule has 30 heavy (non-hydrogen) atoms. The van der Waals surface area contributed by atoms with E-state index in [1.807, 2.05) is 25.1 Å². The van der Waals surface area contributed by atoms with Crippen molar-refractivity contribution in [1.29, 1.82) is 0 Å². The van der Waals surface area contributed by atoms with E-state index in [1.165, 1.54) is 12.8 Å². The predicted octanol–water partition coefficient (Wildman–Crippen LogP) is 3.57. The topological polar surface area (TPSA) is 88.3 Å². The summed E-state index contributed by atoms with van der Waals surface area (Å²) in [7, 11) is 1.66. The first-order valence-electron chi connectivity index (χ1n) is 10.6. The number of nitrogens with one attached hydrogen (secondary N) is 2. The number of guanidine groups is 1. The number of ether oxygens (including phenoxy) is 2. The first-order valence-corrected chi connectivity index (χ1v) is 10.6. The Morgan fingerprint density at radius 2 is 2.03 bits per heavy atom. The SMILES string of the molecule is CCNC(=NCc1ccc(OC)c(OC2CCCC2)c1)NCC(C)(O)c1ccco1. The van der Waals surface area contributed by atoms with E-state index in [-0.39, 0.29) is 12.6 Å². The molecule has 7 nitrogen and oxygen atoms in total.